The molecule has 6 heteroatoms. The summed E-state index contributed by atoms with van der Waals surface area (Å²) >= 11 is 0. The molecule has 3 rings (SSSR count). The van der Waals surface area contributed by atoms with Crippen LogP contribution in [0.4, 0.5) is 5.69 Å². The molecule has 6 nitrogen and oxygen atoms in total. The summed E-state index contributed by atoms with van der Waals surface area (Å²) in [6, 6.07) is 15.6. The van der Waals surface area contributed by atoms with Gasteiger partial charge < -0.3 is 19.3 Å². The molecule has 1 fully saturated rings. The van der Waals surface area contributed by atoms with Gasteiger partial charge in [0, 0.05) is 33.2 Å². The first-order chi connectivity index (χ1) is 14.0. The number of aryl methyl sites for hydroxylation is 1. The molecule has 2 aromatic rings. The van der Waals surface area contributed by atoms with Gasteiger partial charge in [0.05, 0.1) is 25.3 Å². The van der Waals surface area contributed by atoms with Gasteiger partial charge in [0.15, 0.2) is 0 Å². The Morgan fingerprint density at radius 1 is 1.17 bits per heavy atom. The standard InChI is InChI=1S/C23H28N2O4/c1-17-9-10-21(29-3)20(13-17)25-16-19(14-22(25)26)23(27)24(11-12-28-2)15-18-7-5-4-6-8-18/h4-10,13,19H,11-12,14-16H2,1-3H3/t19-/m0/s1. The van der Waals surface area contributed by atoms with E-state index in [-0.39, 0.29) is 24.2 Å². The molecule has 29 heavy (non-hydrogen) atoms. The number of nitrogens with zero attached hydrogens (tertiary/aromatic N) is 2. The average Bonchev–Trinajstić information content (AvgIpc) is 3.12. The topological polar surface area (TPSA) is 59.1 Å². The third kappa shape index (κ3) is 4.95. The maximum Gasteiger partial charge on any atom is 0.228 e. The average molecular weight is 396 g/mol. The van der Waals surface area contributed by atoms with E-state index >= 15 is 0 Å². The fourth-order valence-corrected chi connectivity index (χ4v) is 3.65. The van der Waals surface area contributed by atoms with Crippen molar-refractivity contribution in [3.05, 3.63) is 59.7 Å². The van der Waals surface area contributed by atoms with Crippen LogP contribution in [0.1, 0.15) is 17.5 Å². The van der Waals surface area contributed by atoms with Crippen molar-refractivity contribution in [3.63, 3.8) is 0 Å². The van der Waals surface area contributed by atoms with Crippen LogP contribution >= 0.6 is 0 Å². The van der Waals surface area contributed by atoms with Crippen LogP contribution < -0.4 is 9.64 Å². The van der Waals surface area contributed by atoms with Crippen molar-refractivity contribution in [2.45, 2.75) is 19.9 Å². The zero-order chi connectivity index (χ0) is 20.8. The number of hydrogen-bond acceptors (Lipinski definition) is 4. The Labute approximate surface area is 172 Å². The van der Waals surface area contributed by atoms with Gasteiger partial charge in [0.25, 0.3) is 0 Å². The highest BCUT2D eigenvalue weighted by Crippen LogP contribution is 2.34. The van der Waals surface area contributed by atoms with Gasteiger partial charge in [0.2, 0.25) is 11.8 Å². The monoisotopic (exact) mass is 396 g/mol. The van der Waals surface area contributed by atoms with Crippen LogP contribution in [0.15, 0.2) is 48.5 Å². The molecule has 1 heterocycles. The summed E-state index contributed by atoms with van der Waals surface area (Å²) in [5, 5.41) is 0. The third-order valence-electron chi connectivity index (χ3n) is 5.19. The molecule has 0 saturated carbocycles. The first kappa shape index (κ1) is 20.9. The molecule has 2 aromatic carbocycles. The molecule has 0 aliphatic carbocycles. The molecule has 154 valence electrons. The minimum atomic E-state index is -0.381. The van der Waals surface area contributed by atoms with Crippen molar-refractivity contribution in [2.75, 3.05) is 38.8 Å². The second-order valence-electron chi connectivity index (χ2n) is 7.32. The fraction of sp³-hybridized carbons (Fsp3) is 0.391. The highest BCUT2D eigenvalue weighted by atomic mass is 16.5. The molecule has 0 radical (unpaired) electrons. The second-order valence-corrected chi connectivity index (χ2v) is 7.32. The second kappa shape index (κ2) is 9.56. The van der Waals surface area contributed by atoms with Crippen LogP contribution in [-0.4, -0.2) is 50.6 Å². The maximum absolute atomic E-state index is 13.3. The Morgan fingerprint density at radius 3 is 2.62 bits per heavy atom. The number of carbonyl (C=O) groups excluding carboxylic acids is 2. The van der Waals surface area contributed by atoms with E-state index in [9.17, 15) is 9.59 Å². The van der Waals surface area contributed by atoms with Gasteiger partial charge in [-0.15, -0.1) is 0 Å². The van der Waals surface area contributed by atoms with Gasteiger partial charge in [-0.25, -0.2) is 0 Å². The van der Waals surface area contributed by atoms with E-state index < -0.39 is 0 Å². The molecule has 2 amide bonds. The molecule has 1 atom stereocenters. The Balaban J connectivity index is 1.77. The summed E-state index contributed by atoms with van der Waals surface area (Å²) in [5.41, 5.74) is 2.81. The van der Waals surface area contributed by atoms with E-state index in [0.717, 1.165) is 16.8 Å². The van der Waals surface area contributed by atoms with Crippen LogP contribution in [0.2, 0.25) is 0 Å². The van der Waals surface area contributed by atoms with Gasteiger partial charge in [-0.2, -0.15) is 0 Å². The lowest BCUT2D eigenvalue weighted by Crippen LogP contribution is -2.39. The van der Waals surface area contributed by atoms with Crippen molar-refractivity contribution in [2.24, 2.45) is 5.92 Å². The van der Waals surface area contributed by atoms with Crippen LogP contribution in [0, 0.1) is 12.8 Å². The number of ether oxygens (including phenoxy) is 2. The summed E-state index contributed by atoms with van der Waals surface area (Å²) in [6.07, 6.45) is 0.203. The maximum atomic E-state index is 13.3. The van der Waals surface area contributed by atoms with Crippen molar-refractivity contribution in [1.82, 2.24) is 4.90 Å². The Bertz CT molecular complexity index is 853. The van der Waals surface area contributed by atoms with Crippen molar-refractivity contribution >= 4 is 17.5 Å². The van der Waals surface area contributed by atoms with Crippen LogP contribution in [0.25, 0.3) is 0 Å². The largest absolute Gasteiger partial charge is 0.495 e. The predicted molar refractivity (Wildman–Crippen MR) is 112 cm³/mol. The van der Waals surface area contributed by atoms with E-state index in [1.807, 2.05) is 55.5 Å². The predicted octanol–water partition coefficient (Wildman–Crippen LogP) is 3.03. The number of anilines is 1. The Hall–Kier alpha value is -2.86. The number of benzene rings is 2. The van der Waals surface area contributed by atoms with Gasteiger partial charge in [-0.3, -0.25) is 9.59 Å². The third-order valence-corrected chi connectivity index (χ3v) is 5.19. The molecular weight excluding hydrogens is 368 g/mol. The smallest absolute Gasteiger partial charge is 0.228 e. The molecule has 1 saturated heterocycles. The highest BCUT2D eigenvalue weighted by molar-refractivity contribution is 6.01. The first-order valence-electron chi connectivity index (χ1n) is 9.80. The zero-order valence-corrected chi connectivity index (χ0v) is 17.3. The quantitative estimate of drug-likeness (QED) is 0.688. The molecule has 0 unspecified atom stereocenters. The van der Waals surface area contributed by atoms with Crippen LogP contribution in [-0.2, 0) is 20.9 Å². The minimum Gasteiger partial charge on any atom is -0.495 e. The summed E-state index contributed by atoms with van der Waals surface area (Å²) in [6.45, 7) is 3.77. The van der Waals surface area contributed by atoms with Gasteiger partial charge in [-0.1, -0.05) is 36.4 Å². The summed E-state index contributed by atoms with van der Waals surface area (Å²) in [5.74, 6) is 0.179. The van der Waals surface area contributed by atoms with Crippen molar-refractivity contribution < 1.29 is 19.1 Å². The van der Waals surface area contributed by atoms with Crippen LogP contribution in [0.3, 0.4) is 0 Å². The van der Waals surface area contributed by atoms with Gasteiger partial charge >= 0.3 is 0 Å². The lowest BCUT2D eigenvalue weighted by molar-refractivity contribution is -0.137. The summed E-state index contributed by atoms with van der Waals surface area (Å²) in [7, 11) is 3.21. The van der Waals surface area contributed by atoms with Gasteiger partial charge in [-0.05, 0) is 30.2 Å². The minimum absolute atomic E-state index is 0.0200. The van der Waals surface area contributed by atoms with Gasteiger partial charge in [0.1, 0.15) is 5.75 Å². The summed E-state index contributed by atoms with van der Waals surface area (Å²) < 4.78 is 10.6. The van der Waals surface area contributed by atoms with Crippen molar-refractivity contribution in [1.29, 1.82) is 0 Å². The number of amides is 2. The van der Waals surface area contributed by atoms with E-state index in [2.05, 4.69) is 0 Å². The number of carbonyl (C=O) groups is 2. The number of methoxy groups -OCH3 is 2. The zero-order valence-electron chi connectivity index (χ0n) is 17.3. The Kier molecular flexibility index (Phi) is 6.88. The lowest BCUT2D eigenvalue weighted by Gasteiger charge is -2.26. The molecule has 1 aliphatic rings. The van der Waals surface area contributed by atoms with Crippen LogP contribution in [0.5, 0.6) is 5.75 Å². The SMILES string of the molecule is COCCN(Cc1ccccc1)C(=O)[C@H]1CC(=O)N(c2cc(C)ccc2OC)C1. The molecular formula is C23H28N2O4. The van der Waals surface area contributed by atoms with E-state index in [4.69, 9.17) is 9.47 Å². The molecule has 1 aliphatic heterocycles. The molecule has 0 bridgehead atoms. The fourth-order valence-electron chi connectivity index (χ4n) is 3.65. The van der Waals surface area contributed by atoms with E-state index in [1.54, 1.807) is 24.0 Å². The van der Waals surface area contributed by atoms with E-state index in [0.29, 0.717) is 32.0 Å². The normalized spacial score (nSPS) is 16.2. The Morgan fingerprint density at radius 2 is 1.93 bits per heavy atom. The summed E-state index contributed by atoms with van der Waals surface area (Å²) in [4.78, 5) is 29.5. The van der Waals surface area contributed by atoms with Crippen molar-refractivity contribution in [3.8, 4) is 5.75 Å². The number of rotatable bonds is 8. The first-order valence-corrected chi connectivity index (χ1v) is 9.80. The molecule has 0 aromatic heterocycles. The number of hydrogen-bond donors (Lipinski definition) is 0. The molecule has 0 spiro atoms. The lowest BCUT2D eigenvalue weighted by atomic mass is 10.1. The molecule has 0 N–H and O–H groups in total. The highest BCUT2D eigenvalue weighted by Gasteiger charge is 2.38. The van der Waals surface area contributed by atoms with E-state index in [1.165, 1.54) is 0 Å².